The lowest BCUT2D eigenvalue weighted by Crippen LogP contribution is -2.02. The maximum Gasteiger partial charge on any atom is 0.0827 e. The van der Waals surface area contributed by atoms with Gasteiger partial charge in [0.1, 0.15) is 0 Å². The van der Waals surface area contributed by atoms with Crippen molar-refractivity contribution in [2.75, 3.05) is 0 Å². The molecule has 0 aliphatic rings. The van der Waals surface area contributed by atoms with E-state index in [0.29, 0.717) is 12.3 Å². The van der Waals surface area contributed by atoms with Crippen LogP contribution in [0.15, 0.2) is 36.9 Å². The molecule has 0 heterocycles. The lowest BCUT2D eigenvalue weighted by atomic mass is 9.93. The third kappa shape index (κ3) is 2.46. The molecule has 1 atom stereocenters. The van der Waals surface area contributed by atoms with E-state index in [9.17, 15) is 5.11 Å². The zero-order valence-corrected chi connectivity index (χ0v) is 8.90. The molecule has 1 aromatic rings. The molecule has 0 spiro atoms. The smallest absolute Gasteiger partial charge is 0.0827 e. The van der Waals surface area contributed by atoms with Gasteiger partial charge in [-0.2, -0.15) is 0 Å². The lowest BCUT2D eigenvalue weighted by Gasteiger charge is -2.16. The zero-order valence-electron chi connectivity index (χ0n) is 8.90. The van der Waals surface area contributed by atoms with E-state index in [1.807, 2.05) is 18.2 Å². The first-order valence-electron chi connectivity index (χ1n) is 5.04. The molecule has 1 rings (SSSR count). The summed E-state index contributed by atoms with van der Waals surface area (Å²) in [5.74, 6) is 0.450. The molecule has 0 amide bonds. The van der Waals surface area contributed by atoms with Gasteiger partial charge in [-0.25, -0.2) is 0 Å². The summed E-state index contributed by atoms with van der Waals surface area (Å²) in [7, 11) is 0. The molecule has 1 N–H and O–H groups in total. The lowest BCUT2D eigenvalue weighted by molar-refractivity contribution is 0.180. The summed E-state index contributed by atoms with van der Waals surface area (Å²) in [5, 5.41) is 9.88. The van der Waals surface area contributed by atoms with Crippen LogP contribution in [0.2, 0.25) is 0 Å². The van der Waals surface area contributed by atoms with Crippen molar-refractivity contribution in [1.29, 1.82) is 0 Å². The summed E-state index contributed by atoms with van der Waals surface area (Å²) in [4.78, 5) is 0. The summed E-state index contributed by atoms with van der Waals surface area (Å²) in [6.07, 6.45) is 1.96. The van der Waals surface area contributed by atoms with Crippen LogP contribution in [-0.4, -0.2) is 5.11 Å². The normalized spacial score (nSPS) is 12.9. The molecule has 0 bridgehead atoms. The van der Waals surface area contributed by atoms with E-state index in [-0.39, 0.29) is 0 Å². The second-order valence-electron chi connectivity index (χ2n) is 3.82. The van der Waals surface area contributed by atoms with E-state index in [4.69, 9.17) is 0 Å². The SMILES string of the molecule is C=CC[C@H](O)c1ccccc1C(C)C. The monoisotopic (exact) mass is 190 g/mol. The Kier molecular flexibility index (Phi) is 3.90. The van der Waals surface area contributed by atoms with Crippen molar-refractivity contribution in [1.82, 2.24) is 0 Å². The van der Waals surface area contributed by atoms with Crippen LogP contribution in [0.5, 0.6) is 0 Å². The van der Waals surface area contributed by atoms with Gasteiger partial charge < -0.3 is 5.11 Å². The number of hydrogen-bond donors (Lipinski definition) is 1. The van der Waals surface area contributed by atoms with Crippen molar-refractivity contribution in [3.05, 3.63) is 48.0 Å². The standard InChI is InChI=1S/C13H18O/c1-4-7-13(14)12-9-6-5-8-11(12)10(2)3/h4-6,8-10,13-14H,1,7H2,2-3H3/t13-/m0/s1. The Balaban J connectivity index is 2.99. The molecule has 1 nitrogen and oxygen atoms in total. The molecule has 0 saturated heterocycles. The third-order valence-electron chi connectivity index (χ3n) is 2.37. The summed E-state index contributed by atoms with van der Waals surface area (Å²) >= 11 is 0. The number of benzene rings is 1. The Labute approximate surface area is 86.1 Å². The molecule has 0 unspecified atom stereocenters. The molecule has 1 aromatic carbocycles. The maximum absolute atomic E-state index is 9.88. The Morgan fingerprint density at radius 2 is 1.86 bits per heavy atom. The van der Waals surface area contributed by atoms with Crippen LogP contribution in [-0.2, 0) is 0 Å². The van der Waals surface area contributed by atoms with E-state index in [0.717, 1.165) is 5.56 Å². The Bertz CT molecular complexity index is 302. The minimum absolute atomic E-state index is 0.411. The maximum atomic E-state index is 9.88. The molecule has 0 aromatic heterocycles. The van der Waals surface area contributed by atoms with Gasteiger partial charge in [-0.05, 0) is 23.5 Å². The Hall–Kier alpha value is -1.08. The minimum atomic E-state index is -0.411. The quantitative estimate of drug-likeness (QED) is 0.721. The molecule has 0 fully saturated rings. The van der Waals surface area contributed by atoms with E-state index in [2.05, 4.69) is 26.5 Å². The molecule has 0 saturated carbocycles. The average Bonchev–Trinajstić information content (AvgIpc) is 2.18. The predicted molar refractivity (Wildman–Crippen MR) is 60.3 cm³/mol. The van der Waals surface area contributed by atoms with Gasteiger partial charge in [0.2, 0.25) is 0 Å². The first kappa shape index (κ1) is 11.0. The molecule has 76 valence electrons. The van der Waals surface area contributed by atoms with Crippen molar-refractivity contribution in [3.63, 3.8) is 0 Å². The number of hydrogen-bond acceptors (Lipinski definition) is 1. The molecule has 1 heteroatoms. The van der Waals surface area contributed by atoms with Gasteiger partial charge in [-0.3, -0.25) is 0 Å². The highest BCUT2D eigenvalue weighted by Crippen LogP contribution is 2.26. The van der Waals surface area contributed by atoms with Crippen molar-refractivity contribution >= 4 is 0 Å². The van der Waals surface area contributed by atoms with Gasteiger partial charge in [0.15, 0.2) is 0 Å². The summed E-state index contributed by atoms with van der Waals surface area (Å²) < 4.78 is 0. The predicted octanol–water partition coefficient (Wildman–Crippen LogP) is 3.42. The summed E-state index contributed by atoms with van der Waals surface area (Å²) in [6.45, 7) is 7.92. The topological polar surface area (TPSA) is 20.2 Å². The fourth-order valence-corrected chi connectivity index (χ4v) is 1.62. The largest absolute Gasteiger partial charge is 0.388 e. The van der Waals surface area contributed by atoms with Crippen LogP contribution < -0.4 is 0 Å². The van der Waals surface area contributed by atoms with Crippen LogP contribution in [0, 0.1) is 0 Å². The minimum Gasteiger partial charge on any atom is -0.388 e. The first-order chi connectivity index (χ1) is 6.66. The second-order valence-corrected chi connectivity index (χ2v) is 3.82. The van der Waals surface area contributed by atoms with Crippen LogP contribution >= 0.6 is 0 Å². The summed E-state index contributed by atoms with van der Waals surface area (Å²) in [6, 6.07) is 8.04. The van der Waals surface area contributed by atoms with E-state index in [1.165, 1.54) is 5.56 Å². The van der Waals surface area contributed by atoms with Gasteiger partial charge in [0.05, 0.1) is 6.10 Å². The van der Waals surface area contributed by atoms with Crippen LogP contribution in [0.3, 0.4) is 0 Å². The molecular formula is C13H18O. The summed E-state index contributed by atoms with van der Waals surface area (Å²) in [5.41, 5.74) is 2.25. The van der Waals surface area contributed by atoms with Crippen molar-refractivity contribution in [2.24, 2.45) is 0 Å². The van der Waals surface area contributed by atoms with Gasteiger partial charge in [0, 0.05) is 0 Å². The van der Waals surface area contributed by atoms with Crippen molar-refractivity contribution in [2.45, 2.75) is 32.3 Å². The van der Waals surface area contributed by atoms with Gasteiger partial charge in [-0.15, -0.1) is 6.58 Å². The molecule has 0 aliphatic carbocycles. The van der Waals surface area contributed by atoms with Crippen LogP contribution in [0.1, 0.15) is 43.4 Å². The Morgan fingerprint density at radius 1 is 1.29 bits per heavy atom. The van der Waals surface area contributed by atoms with E-state index in [1.54, 1.807) is 6.08 Å². The average molecular weight is 190 g/mol. The second kappa shape index (κ2) is 4.97. The molecule has 0 aliphatic heterocycles. The van der Waals surface area contributed by atoms with Crippen molar-refractivity contribution < 1.29 is 5.11 Å². The van der Waals surface area contributed by atoms with Crippen LogP contribution in [0.4, 0.5) is 0 Å². The third-order valence-corrected chi connectivity index (χ3v) is 2.37. The molecular weight excluding hydrogens is 172 g/mol. The van der Waals surface area contributed by atoms with Crippen molar-refractivity contribution in [3.8, 4) is 0 Å². The Morgan fingerprint density at radius 3 is 2.36 bits per heavy atom. The molecule has 14 heavy (non-hydrogen) atoms. The number of rotatable bonds is 4. The molecule has 0 radical (unpaired) electrons. The fraction of sp³-hybridized carbons (Fsp3) is 0.385. The number of aliphatic hydroxyl groups excluding tert-OH is 1. The van der Waals surface area contributed by atoms with E-state index >= 15 is 0 Å². The first-order valence-corrected chi connectivity index (χ1v) is 5.04. The van der Waals surface area contributed by atoms with Crippen LogP contribution in [0.25, 0.3) is 0 Å². The van der Waals surface area contributed by atoms with E-state index < -0.39 is 6.10 Å². The van der Waals surface area contributed by atoms with Gasteiger partial charge in [0.25, 0.3) is 0 Å². The number of aliphatic hydroxyl groups is 1. The zero-order chi connectivity index (χ0) is 10.6. The van der Waals surface area contributed by atoms with Gasteiger partial charge in [-0.1, -0.05) is 44.2 Å². The highest BCUT2D eigenvalue weighted by molar-refractivity contribution is 5.31. The highest BCUT2D eigenvalue weighted by atomic mass is 16.3. The highest BCUT2D eigenvalue weighted by Gasteiger charge is 2.12. The fourth-order valence-electron chi connectivity index (χ4n) is 1.62. The van der Waals surface area contributed by atoms with Gasteiger partial charge >= 0.3 is 0 Å².